The van der Waals surface area contributed by atoms with Crippen molar-refractivity contribution in [3.63, 3.8) is 0 Å². The number of benzene rings is 1. The van der Waals surface area contributed by atoms with E-state index in [4.69, 9.17) is 0 Å². The van der Waals surface area contributed by atoms with E-state index in [0.717, 1.165) is 23.7 Å². The van der Waals surface area contributed by atoms with Crippen molar-refractivity contribution in [1.29, 1.82) is 0 Å². The Balaban J connectivity index is 1.78. The molecule has 0 unspecified atom stereocenters. The molecule has 0 aromatic heterocycles. The fourth-order valence-electron chi connectivity index (χ4n) is 2.77. The first-order chi connectivity index (χ1) is 10.1. The molecule has 1 aromatic rings. The maximum atomic E-state index is 11.8. The summed E-state index contributed by atoms with van der Waals surface area (Å²) in [5.41, 5.74) is 1.59. The Kier molecular flexibility index (Phi) is 3.60. The second-order valence-corrected chi connectivity index (χ2v) is 5.32. The van der Waals surface area contributed by atoms with Crippen molar-refractivity contribution < 1.29 is 14.4 Å². The van der Waals surface area contributed by atoms with Crippen molar-refractivity contribution in [3.05, 3.63) is 24.3 Å². The van der Waals surface area contributed by atoms with Crippen LogP contribution in [0, 0.1) is 0 Å². The van der Waals surface area contributed by atoms with Gasteiger partial charge in [0.05, 0.1) is 5.69 Å². The molecule has 1 aromatic carbocycles. The Morgan fingerprint density at radius 2 is 1.48 bits per heavy atom. The van der Waals surface area contributed by atoms with Crippen LogP contribution in [0.5, 0.6) is 0 Å². The molecular formula is C15H17N3O3. The van der Waals surface area contributed by atoms with Crippen LogP contribution in [0.25, 0.3) is 0 Å². The van der Waals surface area contributed by atoms with Gasteiger partial charge in [-0.05, 0) is 43.5 Å². The highest BCUT2D eigenvalue weighted by atomic mass is 16.2. The van der Waals surface area contributed by atoms with Crippen LogP contribution in [-0.4, -0.2) is 30.9 Å². The highest BCUT2D eigenvalue weighted by Crippen LogP contribution is 2.24. The number of barbiturate groups is 1. The van der Waals surface area contributed by atoms with E-state index in [1.54, 1.807) is 12.1 Å². The van der Waals surface area contributed by atoms with Crippen molar-refractivity contribution >= 4 is 29.2 Å². The highest BCUT2D eigenvalue weighted by molar-refractivity contribution is 6.26. The minimum Gasteiger partial charge on any atom is -0.372 e. The van der Waals surface area contributed by atoms with E-state index in [2.05, 4.69) is 10.2 Å². The van der Waals surface area contributed by atoms with E-state index in [0.29, 0.717) is 5.69 Å². The summed E-state index contributed by atoms with van der Waals surface area (Å²) in [5.74, 6) is -1.04. The predicted molar refractivity (Wildman–Crippen MR) is 78.1 cm³/mol. The Labute approximate surface area is 122 Å². The number of imide groups is 2. The normalized spacial score (nSPS) is 19.7. The van der Waals surface area contributed by atoms with Crippen LogP contribution < -0.4 is 15.1 Å². The van der Waals surface area contributed by atoms with Crippen LogP contribution in [-0.2, 0) is 9.59 Å². The van der Waals surface area contributed by atoms with Crippen LogP contribution in [0.2, 0.25) is 0 Å². The van der Waals surface area contributed by atoms with Crippen LogP contribution in [0.15, 0.2) is 24.3 Å². The number of hydrogen-bond donors (Lipinski definition) is 1. The number of hydrogen-bond acceptors (Lipinski definition) is 4. The maximum absolute atomic E-state index is 11.8. The second kappa shape index (κ2) is 5.55. The average Bonchev–Trinajstić information content (AvgIpc) is 2.48. The molecule has 2 aliphatic heterocycles. The minimum absolute atomic E-state index is 0.292. The zero-order valence-corrected chi connectivity index (χ0v) is 11.7. The molecule has 2 saturated heterocycles. The van der Waals surface area contributed by atoms with Gasteiger partial charge in [-0.15, -0.1) is 0 Å². The number of anilines is 2. The third-order valence-corrected chi connectivity index (χ3v) is 3.84. The molecule has 0 atom stereocenters. The van der Waals surface area contributed by atoms with Gasteiger partial charge in [0.2, 0.25) is 11.8 Å². The third kappa shape index (κ3) is 2.74. The van der Waals surface area contributed by atoms with Gasteiger partial charge in [-0.25, -0.2) is 9.69 Å². The Morgan fingerprint density at radius 3 is 2.10 bits per heavy atom. The quantitative estimate of drug-likeness (QED) is 0.840. The fourth-order valence-corrected chi connectivity index (χ4v) is 2.77. The molecule has 110 valence electrons. The van der Waals surface area contributed by atoms with Gasteiger partial charge in [-0.3, -0.25) is 14.9 Å². The SMILES string of the molecule is O=C1CC(=O)N(c2ccc(N3CCCCC3)cc2)C(=O)N1. The molecule has 2 aliphatic rings. The highest BCUT2D eigenvalue weighted by Gasteiger charge is 2.31. The van der Waals surface area contributed by atoms with Gasteiger partial charge in [-0.1, -0.05) is 0 Å². The van der Waals surface area contributed by atoms with Crippen molar-refractivity contribution in [2.24, 2.45) is 0 Å². The van der Waals surface area contributed by atoms with Crippen molar-refractivity contribution in [2.45, 2.75) is 25.7 Å². The molecule has 3 rings (SSSR count). The van der Waals surface area contributed by atoms with Crippen LogP contribution >= 0.6 is 0 Å². The topological polar surface area (TPSA) is 69.7 Å². The molecule has 21 heavy (non-hydrogen) atoms. The summed E-state index contributed by atoms with van der Waals surface area (Å²) in [4.78, 5) is 38.1. The van der Waals surface area contributed by atoms with Crippen molar-refractivity contribution in [3.8, 4) is 0 Å². The Morgan fingerprint density at radius 1 is 0.857 bits per heavy atom. The third-order valence-electron chi connectivity index (χ3n) is 3.84. The van der Waals surface area contributed by atoms with Gasteiger partial charge in [0, 0.05) is 18.8 Å². The molecule has 2 heterocycles. The summed E-state index contributed by atoms with van der Waals surface area (Å²) in [6.07, 6.45) is 3.36. The second-order valence-electron chi connectivity index (χ2n) is 5.32. The lowest BCUT2D eigenvalue weighted by atomic mass is 10.1. The number of nitrogens with zero attached hydrogens (tertiary/aromatic N) is 2. The molecular weight excluding hydrogens is 270 g/mol. The summed E-state index contributed by atoms with van der Waals surface area (Å²) in [5, 5.41) is 2.15. The summed E-state index contributed by atoms with van der Waals surface area (Å²) < 4.78 is 0. The lowest BCUT2D eigenvalue weighted by molar-refractivity contribution is -0.128. The van der Waals surface area contributed by atoms with E-state index >= 15 is 0 Å². The van der Waals surface area contributed by atoms with Gasteiger partial charge >= 0.3 is 6.03 Å². The van der Waals surface area contributed by atoms with E-state index in [1.807, 2.05) is 12.1 Å². The number of carbonyl (C=O) groups excluding carboxylic acids is 3. The summed E-state index contributed by atoms with van der Waals surface area (Å²) in [6.45, 7) is 2.08. The number of urea groups is 1. The van der Waals surface area contributed by atoms with Gasteiger partial charge < -0.3 is 4.90 Å². The number of amides is 4. The summed E-state index contributed by atoms with van der Waals surface area (Å²) in [6, 6.07) is 6.64. The molecule has 0 spiro atoms. The predicted octanol–water partition coefficient (Wildman–Crippen LogP) is 1.65. The van der Waals surface area contributed by atoms with Gasteiger partial charge in [0.25, 0.3) is 0 Å². The molecule has 1 N–H and O–H groups in total. The Hall–Kier alpha value is -2.37. The first-order valence-electron chi connectivity index (χ1n) is 7.17. The molecule has 6 heteroatoms. The van der Waals surface area contributed by atoms with E-state index in [-0.39, 0.29) is 6.42 Å². The monoisotopic (exact) mass is 287 g/mol. The largest absolute Gasteiger partial charge is 0.372 e. The van der Waals surface area contributed by atoms with Crippen molar-refractivity contribution in [2.75, 3.05) is 22.9 Å². The van der Waals surface area contributed by atoms with Gasteiger partial charge in [-0.2, -0.15) is 0 Å². The van der Waals surface area contributed by atoms with E-state index in [1.165, 1.54) is 19.3 Å². The number of piperidine rings is 1. The molecule has 0 radical (unpaired) electrons. The molecule has 2 fully saturated rings. The average molecular weight is 287 g/mol. The van der Waals surface area contributed by atoms with E-state index < -0.39 is 17.8 Å². The van der Waals surface area contributed by atoms with Gasteiger partial charge in [0.15, 0.2) is 0 Å². The fraction of sp³-hybridized carbons (Fsp3) is 0.400. The minimum atomic E-state index is -0.679. The molecule has 4 amide bonds. The summed E-state index contributed by atoms with van der Waals surface area (Å²) >= 11 is 0. The lowest BCUT2D eigenvalue weighted by Gasteiger charge is -2.29. The number of carbonyl (C=O) groups is 3. The lowest BCUT2D eigenvalue weighted by Crippen LogP contribution is -2.52. The summed E-state index contributed by atoms with van der Waals surface area (Å²) in [7, 11) is 0. The molecule has 0 aliphatic carbocycles. The molecule has 0 saturated carbocycles. The van der Waals surface area contributed by atoms with Crippen LogP contribution in [0.3, 0.4) is 0 Å². The first-order valence-corrected chi connectivity index (χ1v) is 7.17. The standard InChI is InChI=1S/C15H17N3O3/c19-13-10-14(20)18(15(21)16-13)12-6-4-11(5-7-12)17-8-2-1-3-9-17/h4-7H,1-3,8-10H2,(H,16,19,21). The number of nitrogens with one attached hydrogen (secondary N) is 1. The Bertz CT molecular complexity index is 556. The van der Waals surface area contributed by atoms with Crippen LogP contribution in [0.1, 0.15) is 25.7 Å². The smallest absolute Gasteiger partial charge is 0.335 e. The first kappa shape index (κ1) is 13.6. The molecule has 6 nitrogen and oxygen atoms in total. The zero-order chi connectivity index (χ0) is 14.8. The van der Waals surface area contributed by atoms with E-state index in [9.17, 15) is 14.4 Å². The van der Waals surface area contributed by atoms with Gasteiger partial charge in [0.1, 0.15) is 6.42 Å². The van der Waals surface area contributed by atoms with Crippen molar-refractivity contribution in [1.82, 2.24) is 5.32 Å². The molecule has 0 bridgehead atoms. The number of rotatable bonds is 2. The van der Waals surface area contributed by atoms with Crippen LogP contribution in [0.4, 0.5) is 16.2 Å². The zero-order valence-electron chi connectivity index (χ0n) is 11.7. The maximum Gasteiger partial charge on any atom is 0.335 e.